The molecule has 0 radical (unpaired) electrons. The number of aromatic amines is 1. The molecule has 0 spiro atoms. The van der Waals surface area contributed by atoms with Gasteiger partial charge in [-0.3, -0.25) is 4.79 Å². The molecular weight excluding hydrogens is 254 g/mol. The first-order valence-electron chi connectivity index (χ1n) is 5.00. The third-order valence-electron chi connectivity index (χ3n) is 2.04. The summed E-state index contributed by atoms with van der Waals surface area (Å²) in [7, 11) is 0. The van der Waals surface area contributed by atoms with Gasteiger partial charge in [-0.1, -0.05) is 0 Å². The predicted octanol–water partition coefficient (Wildman–Crippen LogP) is 1.32. The summed E-state index contributed by atoms with van der Waals surface area (Å²) in [5.41, 5.74) is 0.360. The van der Waals surface area contributed by atoms with E-state index in [0.29, 0.717) is 15.9 Å². The molecule has 7 heteroatoms. The number of rotatable bonds is 3. The Balaban J connectivity index is 2.40. The Bertz CT molecular complexity index is 654. The van der Waals surface area contributed by atoms with Gasteiger partial charge in [-0.15, -0.1) is 0 Å². The second-order valence-corrected chi connectivity index (χ2v) is 4.43. The highest BCUT2D eigenvalue weighted by Crippen LogP contribution is 2.25. The maximum atomic E-state index is 11.3. The molecule has 2 aromatic rings. The lowest BCUT2D eigenvalue weighted by atomic mass is 10.3. The zero-order valence-electron chi connectivity index (χ0n) is 9.38. The first kappa shape index (κ1) is 12.3. The van der Waals surface area contributed by atoms with E-state index in [9.17, 15) is 9.59 Å². The van der Waals surface area contributed by atoms with Crippen molar-refractivity contribution in [1.29, 1.82) is 0 Å². The Morgan fingerprint density at radius 2 is 2.28 bits per heavy atom. The van der Waals surface area contributed by atoms with Crippen molar-refractivity contribution in [3.8, 4) is 0 Å². The van der Waals surface area contributed by atoms with Gasteiger partial charge in [0.2, 0.25) is 0 Å². The van der Waals surface area contributed by atoms with Gasteiger partial charge in [0.1, 0.15) is 5.03 Å². The number of pyridine rings is 1. The van der Waals surface area contributed by atoms with E-state index in [2.05, 4.69) is 15.0 Å². The van der Waals surface area contributed by atoms with Gasteiger partial charge in [-0.25, -0.2) is 14.8 Å². The van der Waals surface area contributed by atoms with Gasteiger partial charge < -0.3 is 10.1 Å². The maximum absolute atomic E-state index is 11.3. The van der Waals surface area contributed by atoms with Crippen LogP contribution < -0.4 is 5.56 Å². The van der Waals surface area contributed by atoms with Crippen molar-refractivity contribution in [1.82, 2.24) is 15.0 Å². The quantitative estimate of drug-likeness (QED) is 0.811. The van der Waals surface area contributed by atoms with Crippen LogP contribution in [0, 0.1) is 6.92 Å². The van der Waals surface area contributed by atoms with Crippen molar-refractivity contribution < 1.29 is 9.90 Å². The molecule has 2 rings (SSSR count). The molecule has 2 heterocycles. The van der Waals surface area contributed by atoms with Gasteiger partial charge >= 0.3 is 5.97 Å². The van der Waals surface area contributed by atoms with Crippen LogP contribution in [0.3, 0.4) is 0 Å². The zero-order chi connectivity index (χ0) is 13.1. The average Bonchev–Trinajstić information content (AvgIpc) is 2.27. The molecule has 0 fully saturated rings. The number of hydrogen-bond donors (Lipinski definition) is 2. The molecule has 6 nitrogen and oxygen atoms in total. The minimum Gasteiger partial charge on any atom is -0.478 e. The molecule has 0 saturated carbocycles. The Kier molecular flexibility index (Phi) is 3.42. The summed E-state index contributed by atoms with van der Waals surface area (Å²) in [4.78, 5) is 32.9. The number of carbonyl (C=O) groups is 1. The van der Waals surface area contributed by atoms with E-state index in [0.717, 1.165) is 11.8 Å². The van der Waals surface area contributed by atoms with Crippen molar-refractivity contribution >= 4 is 17.7 Å². The second kappa shape index (κ2) is 5.01. The highest BCUT2D eigenvalue weighted by Gasteiger charge is 2.13. The van der Waals surface area contributed by atoms with Crippen LogP contribution in [0.25, 0.3) is 0 Å². The van der Waals surface area contributed by atoms with Gasteiger partial charge in [0.25, 0.3) is 5.56 Å². The summed E-state index contributed by atoms with van der Waals surface area (Å²) in [5, 5.41) is 9.62. The van der Waals surface area contributed by atoms with Crippen LogP contribution in [-0.2, 0) is 0 Å². The zero-order valence-corrected chi connectivity index (χ0v) is 10.2. The van der Waals surface area contributed by atoms with Crippen molar-refractivity contribution in [2.24, 2.45) is 0 Å². The van der Waals surface area contributed by atoms with Crippen molar-refractivity contribution in [2.75, 3.05) is 0 Å². The summed E-state index contributed by atoms with van der Waals surface area (Å²) < 4.78 is 0. The smallest absolute Gasteiger partial charge is 0.338 e. The largest absolute Gasteiger partial charge is 0.478 e. The summed E-state index contributed by atoms with van der Waals surface area (Å²) in [5.74, 6) is -1.07. The normalized spacial score (nSPS) is 10.3. The average molecular weight is 263 g/mol. The molecule has 2 N–H and O–H groups in total. The molecule has 0 aromatic carbocycles. The molecular formula is C11H9N3O3S. The topological polar surface area (TPSA) is 95.9 Å². The fourth-order valence-corrected chi connectivity index (χ4v) is 2.23. The van der Waals surface area contributed by atoms with E-state index in [4.69, 9.17) is 5.11 Å². The number of aromatic carboxylic acids is 1. The lowest BCUT2D eigenvalue weighted by Crippen LogP contribution is -2.08. The van der Waals surface area contributed by atoms with Crippen LogP contribution in [0.15, 0.2) is 39.4 Å². The Hall–Kier alpha value is -2.15. The molecule has 0 amide bonds. The third-order valence-corrected chi connectivity index (χ3v) is 2.95. The molecule has 0 atom stereocenters. The highest BCUT2D eigenvalue weighted by atomic mass is 32.2. The standard InChI is InChI=1S/C11H9N3O3S/c1-6-5-8(15)14-11(13-6)18-9-7(10(16)17)3-2-4-12-9/h2-5H,1H3,(H,16,17)(H,13,14,15). The lowest BCUT2D eigenvalue weighted by Gasteiger charge is -2.03. The van der Waals surface area contributed by atoms with Gasteiger partial charge in [0.15, 0.2) is 5.16 Å². The van der Waals surface area contributed by atoms with Crippen molar-refractivity contribution in [2.45, 2.75) is 17.1 Å². The van der Waals surface area contributed by atoms with E-state index in [1.54, 1.807) is 13.0 Å². The molecule has 0 saturated heterocycles. The van der Waals surface area contributed by atoms with Crippen LogP contribution in [0.4, 0.5) is 0 Å². The van der Waals surface area contributed by atoms with Crippen LogP contribution in [-0.4, -0.2) is 26.0 Å². The number of nitrogens with one attached hydrogen (secondary N) is 1. The molecule has 0 aliphatic rings. The molecule has 2 aromatic heterocycles. The maximum Gasteiger partial charge on any atom is 0.338 e. The van der Waals surface area contributed by atoms with Gasteiger partial charge in [0, 0.05) is 18.0 Å². The molecule has 18 heavy (non-hydrogen) atoms. The predicted molar refractivity (Wildman–Crippen MR) is 64.9 cm³/mol. The molecule has 0 aliphatic heterocycles. The van der Waals surface area contributed by atoms with Crippen molar-refractivity contribution in [3.63, 3.8) is 0 Å². The Morgan fingerprint density at radius 1 is 1.50 bits per heavy atom. The number of hydrogen-bond acceptors (Lipinski definition) is 5. The number of aromatic nitrogens is 3. The van der Waals surface area contributed by atoms with Gasteiger partial charge in [-0.05, 0) is 30.8 Å². The SMILES string of the molecule is Cc1cc(=O)[nH]c(Sc2ncccc2C(=O)O)n1. The number of carboxylic acids is 1. The second-order valence-electron chi connectivity index (χ2n) is 3.46. The lowest BCUT2D eigenvalue weighted by molar-refractivity contribution is 0.0692. The number of nitrogens with zero attached hydrogens (tertiary/aromatic N) is 2. The van der Waals surface area contributed by atoms with Gasteiger partial charge in [0.05, 0.1) is 5.56 Å². The van der Waals surface area contributed by atoms with E-state index in [1.807, 2.05) is 0 Å². The summed E-state index contributed by atoms with van der Waals surface area (Å²) in [6.45, 7) is 1.69. The van der Waals surface area contributed by atoms with Crippen LogP contribution >= 0.6 is 11.8 Å². The molecule has 0 unspecified atom stereocenters. The van der Waals surface area contributed by atoms with Crippen LogP contribution in [0.5, 0.6) is 0 Å². The van der Waals surface area contributed by atoms with Crippen LogP contribution in [0.2, 0.25) is 0 Å². The van der Waals surface area contributed by atoms with Gasteiger partial charge in [-0.2, -0.15) is 0 Å². The van der Waals surface area contributed by atoms with Crippen molar-refractivity contribution in [3.05, 3.63) is 46.0 Å². The molecule has 92 valence electrons. The Labute approximate surface area is 106 Å². The minimum absolute atomic E-state index is 0.0756. The fraction of sp³-hybridized carbons (Fsp3) is 0.0909. The molecule has 0 bridgehead atoms. The van der Waals surface area contributed by atoms with E-state index >= 15 is 0 Å². The Morgan fingerprint density at radius 3 is 2.94 bits per heavy atom. The summed E-state index contributed by atoms with van der Waals surface area (Å²) >= 11 is 1.01. The van der Waals surface area contributed by atoms with E-state index < -0.39 is 5.97 Å². The number of H-pyrrole nitrogens is 1. The number of aryl methyl sites for hydroxylation is 1. The molecule has 0 aliphatic carbocycles. The summed E-state index contributed by atoms with van der Waals surface area (Å²) in [6.07, 6.45) is 1.49. The highest BCUT2D eigenvalue weighted by molar-refractivity contribution is 7.99. The summed E-state index contributed by atoms with van der Waals surface area (Å²) in [6, 6.07) is 4.35. The third kappa shape index (κ3) is 2.75. The monoisotopic (exact) mass is 263 g/mol. The first-order valence-corrected chi connectivity index (χ1v) is 5.82. The minimum atomic E-state index is -1.07. The van der Waals surface area contributed by atoms with E-state index in [-0.39, 0.29) is 11.1 Å². The first-order chi connectivity index (χ1) is 8.56. The number of carboxylic acid groups (broad SMARTS) is 1. The fourth-order valence-electron chi connectivity index (χ4n) is 1.33. The van der Waals surface area contributed by atoms with Crippen LogP contribution in [0.1, 0.15) is 16.1 Å². The van der Waals surface area contributed by atoms with E-state index in [1.165, 1.54) is 18.3 Å².